The van der Waals surface area contributed by atoms with Crippen LogP contribution in [0.25, 0.3) is 0 Å². The lowest BCUT2D eigenvalue weighted by Crippen LogP contribution is -2.30. The topological polar surface area (TPSA) is 41.1 Å². The van der Waals surface area contributed by atoms with Gasteiger partial charge in [-0.1, -0.05) is 17.7 Å². The molecule has 0 saturated carbocycles. The molecule has 1 atom stereocenters. The number of nitrogens with one attached hydrogen (secondary N) is 2. The van der Waals surface area contributed by atoms with E-state index in [2.05, 4.69) is 16.7 Å². The zero-order valence-electron chi connectivity index (χ0n) is 12.7. The molecular weight excluding hydrogens is 319 g/mol. The van der Waals surface area contributed by atoms with Crippen LogP contribution in [0.1, 0.15) is 49.3 Å². The van der Waals surface area contributed by atoms with Gasteiger partial charge in [0.15, 0.2) is 0 Å². The third kappa shape index (κ3) is 4.37. The maximum Gasteiger partial charge on any atom is 0.220 e. The van der Waals surface area contributed by atoms with E-state index in [1.165, 1.54) is 24.0 Å². The number of rotatable bonds is 4. The molecule has 1 aromatic rings. The molecule has 3 nitrogen and oxygen atoms in total. The van der Waals surface area contributed by atoms with Gasteiger partial charge < -0.3 is 10.6 Å². The summed E-state index contributed by atoms with van der Waals surface area (Å²) in [5, 5.41) is 7.35. The summed E-state index contributed by atoms with van der Waals surface area (Å²) in [5.74, 6) is 0.910. The van der Waals surface area contributed by atoms with Crippen molar-refractivity contribution in [2.24, 2.45) is 5.92 Å². The molecule has 1 fully saturated rings. The van der Waals surface area contributed by atoms with Gasteiger partial charge in [0.25, 0.3) is 0 Å². The molecule has 1 aliphatic carbocycles. The molecule has 0 radical (unpaired) electrons. The average molecular weight is 343 g/mol. The number of benzene rings is 1. The van der Waals surface area contributed by atoms with E-state index in [0.29, 0.717) is 12.3 Å². The van der Waals surface area contributed by atoms with Gasteiger partial charge in [-0.15, -0.1) is 12.4 Å². The summed E-state index contributed by atoms with van der Waals surface area (Å²) >= 11 is 6.02. The van der Waals surface area contributed by atoms with Crippen LogP contribution >= 0.6 is 24.0 Å². The van der Waals surface area contributed by atoms with Crippen LogP contribution in [0.3, 0.4) is 0 Å². The molecule has 0 aromatic heterocycles. The van der Waals surface area contributed by atoms with Gasteiger partial charge in [-0.2, -0.15) is 0 Å². The molecule has 122 valence electrons. The van der Waals surface area contributed by atoms with Crippen molar-refractivity contribution in [1.82, 2.24) is 10.6 Å². The van der Waals surface area contributed by atoms with Crippen molar-refractivity contribution in [1.29, 1.82) is 0 Å². The number of halogens is 2. The molecular formula is C17H24Cl2N2O. The second-order valence-corrected chi connectivity index (χ2v) is 6.67. The Morgan fingerprint density at radius 3 is 2.82 bits per heavy atom. The first-order chi connectivity index (χ1) is 10.2. The minimum absolute atomic E-state index is 0. The quantitative estimate of drug-likeness (QED) is 0.876. The van der Waals surface area contributed by atoms with Gasteiger partial charge in [0.2, 0.25) is 5.91 Å². The fraction of sp³-hybridized carbons (Fsp3) is 0.588. The van der Waals surface area contributed by atoms with Gasteiger partial charge in [0, 0.05) is 11.4 Å². The summed E-state index contributed by atoms with van der Waals surface area (Å²) in [6.07, 6.45) is 6.10. The van der Waals surface area contributed by atoms with Crippen molar-refractivity contribution in [2.75, 3.05) is 13.1 Å². The third-order valence-corrected chi connectivity index (χ3v) is 4.99. The van der Waals surface area contributed by atoms with Crippen LogP contribution in [0.2, 0.25) is 5.02 Å². The lowest BCUT2D eigenvalue weighted by Gasteiger charge is -2.22. The fourth-order valence-electron chi connectivity index (χ4n) is 3.51. The Morgan fingerprint density at radius 1 is 1.27 bits per heavy atom. The van der Waals surface area contributed by atoms with Gasteiger partial charge in [0.1, 0.15) is 0 Å². The highest BCUT2D eigenvalue weighted by atomic mass is 35.5. The number of carbonyl (C=O) groups is 1. The molecule has 3 rings (SSSR count). The molecule has 1 saturated heterocycles. The van der Waals surface area contributed by atoms with Crippen LogP contribution in [0, 0.1) is 5.92 Å². The van der Waals surface area contributed by atoms with Crippen LogP contribution in [0.15, 0.2) is 18.2 Å². The van der Waals surface area contributed by atoms with E-state index >= 15 is 0 Å². The van der Waals surface area contributed by atoms with Crippen molar-refractivity contribution >= 4 is 29.9 Å². The van der Waals surface area contributed by atoms with Crippen LogP contribution in [-0.2, 0) is 11.2 Å². The highest BCUT2D eigenvalue weighted by Gasteiger charge is 2.24. The molecule has 1 heterocycles. The Labute approximate surface area is 143 Å². The van der Waals surface area contributed by atoms with E-state index in [1.807, 2.05) is 12.1 Å². The predicted molar refractivity (Wildman–Crippen MR) is 92.7 cm³/mol. The summed E-state index contributed by atoms with van der Waals surface area (Å²) in [6.45, 7) is 2.20. The first kappa shape index (κ1) is 17.6. The van der Waals surface area contributed by atoms with Crippen molar-refractivity contribution in [3.05, 3.63) is 34.3 Å². The molecule has 22 heavy (non-hydrogen) atoms. The number of hydrogen-bond acceptors (Lipinski definition) is 2. The maximum absolute atomic E-state index is 12.2. The van der Waals surface area contributed by atoms with E-state index in [9.17, 15) is 4.79 Å². The van der Waals surface area contributed by atoms with Crippen molar-refractivity contribution in [3.63, 3.8) is 0 Å². The van der Waals surface area contributed by atoms with Gasteiger partial charge in [0.05, 0.1) is 6.04 Å². The van der Waals surface area contributed by atoms with E-state index in [0.717, 1.165) is 37.4 Å². The lowest BCUT2D eigenvalue weighted by molar-refractivity contribution is -0.122. The molecule has 0 spiro atoms. The van der Waals surface area contributed by atoms with Crippen LogP contribution in [0.4, 0.5) is 0 Å². The van der Waals surface area contributed by atoms with Crippen LogP contribution in [0.5, 0.6) is 0 Å². The van der Waals surface area contributed by atoms with E-state index in [1.54, 1.807) is 0 Å². The number of hydrogen-bond donors (Lipinski definition) is 2. The SMILES string of the molecule is Cl.O=C(CCC1CCNCC1)NC1CCc2cc(Cl)ccc21. The Balaban J connectivity index is 0.00000176. The van der Waals surface area contributed by atoms with Gasteiger partial charge in [-0.25, -0.2) is 0 Å². The Hall–Kier alpha value is -0.770. The zero-order valence-corrected chi connectivity index (χ0v) is 14.3. The number of fused-ring (bicyclic) bond motifs is 1. The Kier molecular flexibility index (Phi) is 6.54. The second kappa shape index (κ2) is 8.19. The van der Waals surface area contributed by atoms with E-state index in [-0.39, 0.29) is 24.4 Å². The summed E-state index contributed by atoms with van der Waals surface area (Å²) in [5.41, 5.74) is 2.53. The standard InChI is InChI=1S/C17H23ClN2O.ClH/c18-14-3-4-15-13(11-14)2-5-16(15)20-17(21)6-1-12-7-9-19-10-8-12;/h3-4,11-12,16,19H,1-2,5-10H2,(H,20,21);1H. The Bertz CT molecular complexity index is 515. The normalized spacial score (nSPS) is 21.0. The molecule has 1 aliphatic heterocycles. The highest BCUT2D eigenvalue weighted by Crippen LogP contribution is 2.33. The molecule has 0 bridgehead atoms. The number of amides is 1. The second-order valence-electron chi connectivity index (χ2n) is 6.23. The van der Waals surface area contributed by atoms with Gasteiger partial charge >= 0.3 is 0 Å². The zero-order chi connectivity index (χ0) is 14.7. The minimum Gasteiger partial charge on any atom is -0.349 e. The summed E-state index contributed by atoms with van der Waals surface area (Å²) < 4.78 is 0. The summed E-state index contributed by atoms with van der Waals surface area (Å²) in [7, 11) is 0. The first-order valence-corrected chi connectivity index (χ1v) is 8.38. The van der Waals surface area contributed by atoms with Crippen LogP contribution < -0.4 is 10.6 Å². The van der Waals surface area contributed by atoms with Crippen molar-refractivity contribution < 1.29 is 4.79 Å². The van der Waals surface area contributed by atoms with Crippen LogP contribution in [-0.4, -0.2) is 19.0 Å². The molecule has 1 amide bonds. The average Bonchev–Trinajstić information content (AvgIpc) is 2.88. The molecule has 2 aliphatic rings. The summed E-state index contributed by atoms with van der Waals surface area (Å²) in [6, 6.07) is 6.18. The minimum atomic E-state index is 0. The first-order valence-electron chi connectivity index (χ1n) is 8.01. The fourth-order valence-corrected chi connectivity index (χ4v) is 3.70. The predicted octanol–water partition coefficient (Wildman–Crippen LogP) is 3.65. The lowest BCUT2D eigenvalue weighted by atomic mass is 9.93. The monoisotopic (exact) mass is 342 g/mol. The highest BCUT2D eigenvalue weighted by molar-refractivity contribution is 6.30. The van der Waals surface area contributed by atoms with Gasteiger partial charge in [-0.3, -0.25) is 4.79 Å². The molecule has 1 unspecified atom stereocenters. The maximum atomic E-state index is 12.2. The van der Waals surface area contributed by atoms with Gasteiger partial charge in [-0.05, 0) is 74.4 Å². The molecule has 5 heteroatoms. The van der Waals surface area contributed by atoms with Crippen molar-refractivity contribution in [2.45, 2.75) is 44.6 Å². The Morgan fingerprint density at radius 2 is 2.05 bits per heavy atom. The smallest absolute Gasteiger partial charge is 0.220 e. The van der Waals surface area contributed by atoms with Crippen molar-refractivity contribution in [3.8, 4) is 0 Å². The number of carbonyl (C=O) groups excluding carboxylic acids is 1. The largest absolute Gasteiger partial charge is 0.349 e. The van der Waals surface area contributed by atoms with E-state index in [4.69, 9.17) is 11.6 Å². The molecule has 2 N–H and O–H groups in total. The third-order valence-electron chi connectivity index (χ3n) is 4.76. The number of aryl methyl sites for hydroxylation is 1. The van der Waals surface area contributed by atoms with E-state index < -0.39 is 0 Å². The number of piperidine rings is 1. The summed E-state index contributed by atoms with van der Waals surface area (Å²) in [4.78, 5) is 12.2. The molecule has 1 aromatic carbocycles.